The minimum atomic E-state index is -0.300. The molecule has 1 fully saturated rings. The smallest absolute Gasteiger partial charge is 0.227 e. The highest BCUT2D eigenvalue weighted by atomic mass is 19.1. The number of nitrogens with zero attached hydrogens (tertiary/aromatic N) is 1. The molecule has 2 heterocycles. The molecule has 140 valence electrons. The fourth-order valence-electron chi connectivity index (χ4n) is 3.76. The number of nitrogens with one attached hydrogen (secondary N) is 1. The summed E-state index contributed by atoms with van der Waals surface area (Å²) in [5, 5.41) is 3.11. The lowest BCUT2D eigenvalue weighted by atomic mass is 9.87. The van der Waals surface area contributed by atoms with Crippen molar-refractivity contribution in [2.45, 2.75) is 38.6 Å². The van der Waals surface area contributed by atoms with Gasteiger partial charge in [-0.1, -0.05) is 26.0 Å². The Morgan fingerprint density at radius 2 is 1.88 bits per heavy atom. The minimum Gasteiger partial charge on any atom is -0.468 e. The second-order valence-corrected chi connectivity index (χ2v) is 7.29. The number of rotatable bonds is 7. The maximum Gasteiger partial charge on any atom is 0.227 e. The molecule has 0 bridgehead atoms. The first-order valence-electron chi connectivity index (χ1n) is 9.37. The quantitative estimate of drug-likeness (QED) is 0.810. The zero-order chi connectivity index (χ0) is 18.5. The molecular weight excluding hydrogens is 331 g/mol. The van der Waals surface area contributed by atoms with Crippen LogP contribution in [0.5, 0.6) is 0 Å². The van der Waals surface area contributed by atoms with Crippen molar-refractivity contribution in [3.8, 4) is 0 Å². The Hall–Kier alpha value is -2.14. The summed E-state index contributed by atoms with van der Waals surface area (Å²) in [5.41, 5.74) is 0.842. The van der Waals surface area contributed by atoms with Crippen LogP contribution in [0.2, 0.25) is 0 Å². The third-order valence-electron chi connectivity index (χ3n) is 5.10. The number of likely N-dealkylation sites (tertiary alicyclic amines) is 1. The average molecular weight is 358 g/mol. The zero-order valence-corrected chi connectivity index (χ0v) is 15.5. The molecule has 5 heteroatoms. The van der Waals surface area contributed by atoms with E-state index in [-0.39, 0.29) is 29.6 Å². The van der Waals surface area contributed by atoms with Crippen LogP contribution in [0.15, 0.2) is 47.1 Å². The van der Waals surface area contributed by atoms with Gasteiger partial charge in [0.25, 0.3) is 0 Å². The van der Waals surface area contributed by atoms with E-state index in [1.165, 1.54) is 25.0 Å². The SMILES string of the molecule is CC(C)C(C(=O)NCC(c1ccco1)N1CCCC1)c1ccc(F)cc1. The number of halogens is 1. The van der Waals surface area contributed by atoms with Gasteiger partial charge in [0.15, 0.2) is 0 Å². The van der Waals surface area contributed by atoms with Crippen LogP contribution in [0.3, 0.4) is 0 Å². The summed E-state index contributed by atoms with van der Waals surface area (Å²) in [6, 6.07) is 10.1. The van der Waals surface area contributed by atoms with Gasteiger partial charge in [0.1, 0.15) is 11.6 Å². The normalized spacial score (nSPS) is 17.4. The summed E-state index contributed by atoms with van der Waals surface area (Å²) >= 11 is 0. The van der Waals surface area contributed by atoms with Crippen molar-refractivity contribution in [2.24, 2.45) is 5.92 Å². The monoisotopic (exact) mass is 358 g/mol. The van der Waals surface area contributed by atoms with Gasteiger partial charge in [0.2, 0.25) is 5.91 Å². The molecule has 1 aromatic carbocycles. The molecule has 4 nitrogen and oxygen atoms in total. The van der Waals surface area contributed by atoms with Crippen molar-refractivity contribution in [3.05, 3.63) is 59.8 Å². The highest BCUT2D eigenvalue weighted by molar-refractivity contribution is 5.84. The van der Waals surface area contributed by atoms with E-state index < -0.39 is 0 Å². The van der Waals surface area contributed by atoms with Gasteiger partial charge in [-0.05, 0) is 61.7 Å². The van der Waals surface area contributed by atoms with E-state index in [9.17, 15) is 9.18 Å². The second-order valence-electron chi connectivity index (χ2n) is 7.29. The standard InChI is InChI=1S/C21H27FN2O2/c1-15(2)20(16-7-9-17(22)10-8-16)21(25)23-14-18(19-6-5-13-26-19)24-11-3-4-12-24/h5-10,13,15,18,20H,3-4,11-12,14H2,1-2H3,(H,23,25). The number of hydrogen-bond acceptors (Lipinski definition) is 3. The molecule has 1 N–H and O–H groups in total. The van der Waals surface area contributed by atoms with Crippen LogP contribution >= 0.6 is 0 Å². The predicted octanol–water partition coefficient (Wildman–Crippen LogP) is 4.11. The molecular formula is C21H27FN2O2. The Balaban J connectivity index is 1.70. The van der Waals surface area contributed by atoms with Crippen molar-refractivity contribution >= 4 is 5.91 Å². The van der Waals surface area contributed by atoms with Crippen LogP contribution in [0, 0.1) is 11.7 Å². The molecule has 0 saturated carbocycles. The maximum atomic E-state index is 13.2. The zero-order valence-electron chi connectivity index (χ0n) is 15.5. The van der Waals surface area contributed by atoms with Crippen LogP contribution in [0.4, 0.5) is 4.39 Å². The number of hydrogen-bond donors (Lipinski definition) is 1. The molecule has 0 radical (unpaired) electrons. The first-order chi connectivity index (χ1) is 12.6. The second kappa shape index (κ2) is 8.49. The van der Waals surface area contributed by atoms with Gasteiger partial charge < -0.3 is 9.73 Å². The van der Waals surface area contributed by atoms with Crippen molar-refractivity contribution in [3.63, 3.8) is 0 Å². The summed E-state index contributed by atoms with van der Waals surface area (Å²) in [4.78, 5) is 15.3. The number of carbonyl (C=O) groups is 1. The first-order valence-corrected chi connectivity index (χ1v) is 9.37. The summed E-state index contributed by atoms with van der Waals surface area (Å²) in [6.45, 7) is 6.58. The first kappa shape index (κ1) is 18.6. The largest absolute Gasteiger partial charge is 0.468 e. The molecule has 1 saturated heterocycles. The molecule has 0 spiro atoms. The third kappa shape index (κ3) is 4.33. The van der Waals surface area contributed by atoms with Crippen LogP contribution < -0.4 is 5.32 Å². The molecule has 26 heavy (non-hydrogen) atoms. The van der Waals surface area contributed by atoms with E-state index in [0.717, 1.165) is 24.4 Å². The molecule has 1 aromatic heterocycles. The molecule has 1 amide bonds. The van der Waals surface area contributed by atoms with Crippen molar-refractivity contribution in [1.82, 2.24) is 10.2 Å². The molecule has 2 atom stereocenters. The Morgan fingerprint density at radius 1 is 1.19 bits per heavy atom. The Kier molecular flexibility index (Phi) is 6.09. The van der Waals surface area contributed by atoms with Crippen LogP contribution in [-0.2, 0) is 4.79 Å². The number of benzene rings is 1. The highest BCUT2D eigenvalue weighted by Gasteiger charge is 2.29. The summed E-state index contributed by atoms with van der Waals surface area (Å²) in [6.07, 6.45) is 4.03. The molecule has 2 unspecified atom stereocenters. The molecule has 2 aromatic rings. The van der Waals surface area contributed by atoms with Gasteiger partial charge in [0, 0.05) is 6.54 Å². The lowest BCUT2D eigenvalue weighted by Gasteiger charge is -2.27. The van der Waals surface area contributed by atoms with E-state index >= 15 is 0 Å². The summed E-state index contributed by atoms with van der Waals surface area (Å²) in [5.74, 6) is 0.391. The number of furan rings is 1. The van der Waals surface area contributed by atoms with E-state index in [1.807, 2.05) is 26.0 Å². The minimum absolute atomic E-state index is 0.0256. The molecule has 3 rings (SSSR count). The van der Waals surface area contributed by atoms with Crippen molar-refractivity contribution < 1.29 is 13.6 Å². The van der Waals surface area contributed by atoms with Gasteiger partial charge in [-0.3, -0.25) is 9.69 Å². The molecule has 0 aliphatic carbocycles. The van der Waals surface area contributed by atoms with Gasteiger partial charge in [0.05, 0.1) is 18.2 Å². The topological polar surface area (TPSA) is 45.5 Å². The van der Waals surface area contributed by atoms with E-state index in [4.69, 9.17) is 4.42 Å². The van der Waals surface area contributed by atoms with Gasteiger partial charge in [-0.2, -0.15) is 0 Å². The van der Waals surface area contributed by atoms with Gasteiger partial charge in [-0.15, -0.1) is 0 Å². The third-order valence-corrected chi connectivity index (χ3v) is 5.10. The van der Waals surface area contributed by atoms with E-state index in [2.05, 4.69) is 10.2 Å². The van der Waals surface area contributed by atoms with Crippen LogP contribution in [-0.4, -0.2) is 30.4 Å². The average Bonchev–Trinajstić information content (AvgIpc) is 3.31. The summed E-state index contributed by atoms with van der Waals surface area (Å²) in [7, 11) is 0. The van der Waals surface area contributed by atoms with Crippen molar-refractivity contribution in [1.29, 1.82) is 0 Å². The Morgan fingerprint density at radius 3 is 2.46 bits per heavy atom. The summed E-state index contributed by atoms with van der Waals surface area (Å²) < 4.78 is 18.8. The van der Waals surface area contributed by atoms with Crippen molar-refractivity contribution in [2.75, 3.05) is 19.6 Å². The van der Waals surface area contributed by atoms with Crippen LogP contribution in [0.25, 0.3) is 0 Å². The van der Waals surface area contributed by atoms with Gasteiger partial charge in [-0.25, -0.2) is 4.39 Å². The number of carbonyl (C=O) groups excluding carboxylic acids is 1. The Labute approximate surface area is 154 Å². The van der Waals surface area contributed by atoms with Gasteiger partial charge >= 0.3 is 0 Å². The highest BCUT2D eigenvalue weighted by Crippen LogP contribution is 2.27. The van der Waals surface area contributed by atoms with E-state index in [0.29, 0.717) is 6.54 Å². The lowest BCUT2D eigenvalue weighted by Crippen LogP contribution is -2.39. The Bertz CT molecular complexity index is 691. The maximum absolute atomic E-state index is 13.2. The van der Waals surface area contributed by atoms with Crippen LogP contribution in [0.1, 0.15) is 50.0 Å². The fraction of sp³-hybridized carbons (Fsp3) is 0.476. The predicted molar refractivity (Wildman–Crippen MR) is 99.2 cm³/mol. The lowest BCUT2D eigenvalue weighted by molar-refractivity contribution is -0.123. The fourth-order valence-corrected chi connectivity index (χ4v) is 3.76. The molecule has 1 aliphatic rings. The van der Waals surface area contributed by atoms with E-state index in [1.54, 1.807) is 18.4 Å². The number of amides is 1. The molecule has 1 aliphatic heterocycles.